The molecule has 1 heterocycles. The molecule has 4 N–H and O–H groups in total. The molecule has 28 heavy (non-hydrogen) atoms. The number of aromatic amines is 1. The number of hydrogen-bond donors (Lipinski definition) is 3. The first-order valence-electron chi connectivity index (χ1n) is 8.18. The first-order valence-corrected chi connectivity index (χ1v) is 9.17. The Kier molecular flexibility index (Phi) is 5.95. The lowest BCUT2D eigenvalue weighted by Crippen LogP contribution is -2.23. The standard InChI is InChI=1S/C19H17FN4O3S/c1-27-14-7-5-12(6-8-14)17(25)22-15-16(21)23-19(24-18(15)26)28-10-11-3-2-4-13(20)9-11/h2-9H,10H2,1H3,(H,22,25)(H3,21,23,24,26). The van der Waals surface area contributed by atoms with Gasteiger partial charge in [0, 0.05) is 11.3 Å². The molecule has 7 nitrogen and oxygen atoms in total. The Morgan fingerprint density at radius 1 is 1.29 bits per heavy atom. The van der Waals surface area contributed by atoms with E-state index in [1.54, 1.807) is 36.4 Å². The number of carbonyl (C=O) groups is 1. The van der Waals surface area contributed by atoms with Crippen molar-refractivity contribution in [2.45, 2.75) is 10.9 Å². The van der Waals surface area contributed by atoms with Gasteiger partial charge in [-0.25, -0.2) is 9.37 Å². The highest BCUT2D eigenvalue weighted by Gasteiger charge is 2.14. The van der Waals surface area contributed by atoms with Crippen molar-refractivity contribution in [2.24, 2.45) is 0 Å². The highest BCUT2D eigenvalue weighted by atomic mass is 32.2. The van der Waals surface area contributed by atoms with Crippen LogP contribution in [0.3, 0.4) is 0 Å². The van der Waals surface area contributed by atoms with E-state index < -0.39 is 11.5 Å². The van der Waals surface area contributed by atoms with E-state index in [1.165, 1.54) is 31.0 Å². The number of hydrogen-bond acceptors (Lipinski definition) is 6. The number of H-pyrrole nitrogens is 1. The van der Waals surface area contributed by atoms with Gasteiger partial charge in [0.25, 0.3) is 11.5 Å². The zero-order chi connectivity index (χ0) is 20.1. The van der Waals surface area contributed by atoms with Gasteiger partial charge < -0.3 is 15.8 Å². The number of amides is 1. The Morgan fingerprint density at radius 2 is 2.04 bits per heavy atom. The zero-order valence-electron chi connectivity index (χ0n) is 14.9. The van der Waals surface area contributed by atoms with E-state index in [0.29, 0.717) is 17.1 Å². The number of carbonyl (C=O) groups excluding carboxylic acids is 1. The SMILES string of the molecule is COc1ccc(C(=O)Nc2c(N)nc(SCc3cccc(F)c3)[nH]c2=O)cc1. The van der Waals surface area contributed by atoms with Gasteiger partial charge in [0.2, 0.25) is 0 Å². The minimum absolute atomic E-state index is 0.104. The smallest absolute Gasteiger partial charge is 0.277 e. The molecule has 0 aliphatic carbocycles. The van der Waals surface area contributed by atoms with Crippen LogP contribution in [-0.4, -0.2) is 23.0 Å². The summed E-state index contributed by atoms with van der Waals surface area (Å²) >= 11 is 1.20. The fourth-order valence-electron chi connectivity index (χ4n) is 2.36. The summed E-state index contributed by atoms with van der Waals surface area (Å²) in [5.41, 5.74) is 6.22. The molecule has 3 rings (SSSR count). The second kappa shape index (κ2) is 8.57. The molecule has 0 bridgehead atoms. The van der Waals surface area contributed by atoms with Gasteiger partial charge in [-0.1, -0.05) is 23.9 Å². The molecule has 9 heteroatoms. The number of nitrogens with one attached hydrogen (secondary N) is 2. The number of benzene rings is 2. The highest BCUT2D eigenvalue weighted by molar-refractivity contribution is 7.98. The van der Waals surface area contributed by atoms with E-state index in [1.807, 2.05) is 0 Å². The van der Waals surface area contributed by atoms with E-state index in [-0.39, 0.29) is 22.5 Å². The summed E-state index contributed by atoms with van der Waals surface area (Å²) in [7, 11) is 1.52. The number of methoxy groups -OCH3 is 1. The average molecular weight is 400 g/mol. The van der Waals surface area contributed by atoms with Crippen LogP contribution in [0.25, 0.3) is 0 Å². The summed E-state index contributed by atoms with van der Waals surface area (Å²) < 4.78 is 18.3. The first-order chi connectivity index (χ1) is 13.5. The number of nitrogen functional groups attached to an aromatic ring is 1. The largest absolute Gasteiger partial charge is 0.497 e. The lowest BCUT2D eigenvalue weighted by molar-refractivity contribution is 0.102. The van der Waals surface area contributed by atoms with Crippen LogP contribution in [0.2, 0.25) is 0 Å². The number of ether oxygens (including phenoxy) is 1. The Hall–Kier alpha value is -3.33. The molecule has 0 aliphatic heterocycles. The van der Waals surface area contributed by atoms with Crippen molar-refractivity contribution in [1.29, 1.82) is 0 Å². The minimum atomic E-state index is -0.573. The molecule has 0 spiro atoms. The van der Waals surface area contributed by atoms with Crippen molar-refractivity contribution in [3.63, 3.8) is 0 Å². The third-order valence-electron chi connectivity index (χ3n) is 3.78. The van der Waals surface area contributed by atoms with Gasteiger partial charge in [-0.3, -0.25) is 14.6 Å². The van der Waals surface area contributed by atoms with Crippen molar-refractivity contribution in [3.05, 3.63) is 75.8 Å². The molecule has 0 saturated heterocycles. The van der Waals surface area contributed by atoms with Crippen molar-refractivity contribution in [3.8, 4) is 5.75 Å². The molecule has 0 saturated carbocycles. The van der Waals surface area contributed by atoms with Crippen LogP contribution in [0.1, 0.15) is 15.9 Å². The molecule has 0 radical (unpaired) electrons. The summed E-state index contributed by atoms with van der Waals surface area (Å²) in [6.45, 7) is 0. The molecule has 144 valence electrons. The van der Waals surface area contributed by atoms with Crippen LogP contribution in [0.5, 0.6) is 5.75 Å². The Morgan fingerprint density at radius 3 is 2.68 bits per heavy atom. The lowest BCUT2D eigenvalue weighted by Gasteiger charge is -2.09. The van der Waals surface area contributed by atoms with E-state index in [4.69, 9.17) is 10.5 Å². The third kappa shape index (κ3) is 4.68. The van der Waals surface area contributed by atoms with Gasteiger partial charge in [0.05, 0.1) is 7.11 Å². The zero-order valence-corrected chi connectivity index (χ0v) is 15.7. The van der Waals surface area contributed by atoms with Gasteiger partial charge >= 0.3 is 0 Å². The van der Waals surface area contributed by atoms with Crippen LogP contribution in [0.15, 0.2) is 58.5 Å². The molecular formula is C19H17FN4O3S. The normalized spacial score (nSPS) is 10.5. The highest BCUT2D eigenvalue weighted by Crippen LogP contribution is 2.22. The lowest BCUT2D eigenvalue weighted by atomic mass is 10.2. The van der Waals surface area contributed by atoms with Gasteiger partial charge in [0.15, 0.2) is 11.0 Å². The Bertz CT molecular complexity index is 1050. The van der Waals surface area contributed by atoms with Gasteiger partial charge in [-0.05, 0) is 42.0 Å². The summed E-state index contributed by atoms with van der Waals surface area (Å²) in [5.74, 6) is 0.0672. The average Bonchev–Trinajstić information content (AvgIpc) is 2.69. The maximum atomic E-state index is 13.2. The monoisotopic (exact) mass is 400 g/mol. The quantitative estimate of drug-likeness (QED) is 0.433. The number of nitrogens with zero attached hydrogens (tertiary/aromatic N) is 1. The van der Waals surface area contributed by atoms with E-state index >= 15 is 0 Å². The number of thioether (sulfide) groups is 1. The van der Waals surface area contributed by atoms with E-state index in [9.17, 15) is 14.0 Å². The molecule has 0 unspecified atom stereocenters. The molecule has 3 aromatic rings. The van der Waals surface area contributed by atoms with Crippen molar-refractivity contribution < 1.29 is 13.9 Å². The van der Waals surface area contributed by atoms with Crippen LogP contribution >= 0.6 is 11.8 Å². The maximum Gasteiger partial charge on any atom is 0.277 e. The molecule has 1 amide bonds. The third-order valence-corrected chi connectivity index (χ3v) is 4.73. The van der Waals surface area contributed by atoms with Gasteiger partial charge in [0.1, 0.15) is 17.3 Å². The van der Waals surface area contributed by atoms with Gasteiger partial charge in [-0.15, -0.1) is 0 Å². The molecule has 1 aromatic heterocycles. The number of aromatic nitrogens is 2. The summed E-state index contributed by atoms with van der Waals surface area (Å²) in [6.07, 6.45) is 0. The number of rotatable bonds is 6. The fraction of sp³-hybridized carbons (Fsp3) is 0.105. The molecule has 0 fully saturated rings. The van der Waals surface area contributed by atoms with E-state index in [2.05, 4.69) is 15.3 Å². The topological polar surface area (TPSA) is 110 Å². The van der Waals surface area contributed by atoms with Crippen LogP contribution in [0, 0.1) is 5.82 Å². The summed E-state index contributed by atoms with van der Waals surface area (Å²) in [6, 6.07) is 12.5. The Balaban J connectivity index is 1.72. The second-order valence-electron chi connectivity index (χ2n) is 5.73. The fourth-order valence-corrected chi connectivity index (χ4v) is 3.18. The number of anilines is 2. The number of halogens is 1. The summed E-state index contributed by atoms with van der Waals surface area (Å²) in [5, 5.41) is 2.74. The van der Waals surface area contributed by atoms with Crippen molar-refractivity contribution in [2.75, 3.05) is 18.2 Å². The first kappa shape index (κ1) is 19.4. The second-order valence-corrected chi connectivity index (χ2v) is 6.70. The predicted molar refractivity (Wildman–Crippen MR) is 106 cm³/mol. The van der Waals surface area contributed by atoms with Crippen LogP contribution < -0.4 is 21.3 Å². The minimum Gasteiger partial charge on any atom is -0.497 e. The summed E-state index contributed by atoms with van der Waals surface area (Å²) in [4.78, 5) is 31.3. The van der Waals surface area contributed by atoms with Crippen LogP contribution in [-0.2, 0) is 5.75 Å². The molecule has 0 aliphatic rings. The van der Waals surface area contributed by atoms with Gasteiger partial charge in [-0.2, -0.15) is 0 Å². The molecular weight excluding hydrogens is 383 g/mol. The predicted octanol–water partition coefficient (Wildman–Crippen LogP) is 3.04. The maximum absolute atomic E-state index is 13.2. The number of nitrogens with two attached hydrogens (primary N) is 1. The molecule has 0 atom stereocenters. The Labute approximate surface area is 164 Å². The van der Waals surface area contributed by atoms with E-state index in [0.717, 1.165) is 5.56 Å². The molecule has 2 aromatic carbocycles. The van der Waals surface area contributed by atoms with Crippen molar-refractivity contribution in [1.82, 2.24) is 9.97 Å². The van der Waals surface area contributed by atoms with Crippen LogP contribution in [0.4, 0.5) is 15.9 Å². The van der Waals surface area contributed by atoms with Crippen molar-refractivity contribution >= 4 is 29.2 Å².